The van der Waals surface area contributed by atoms with E-state index in [1.54, 1.807) is 26.2 Å². The SMILES string of the molecule is CCOC(=O)c1nc(N2CCC(C3=C(C(=O)OC)C(c4ccc(F)cc4Cl)N=C(c4nccs4)N3)CC2)ncc1C. The minimum absolute atomic E-state index is 0.0810. The van der Waals surface area contributed by atoms with Gasteiger partial charge < -0.3 is 19.7 Å². The molecule has 41 heavy (non-hydrogen) atoms. The Morgan fingerprint density at radius 3 is 2.66 bits per heavy atom. The first-order chi connectivity index (χ1) is 19.8. The summed E-state index contributed by atoms with van der Waals surface area (Å²) in [6.45, 7) is 4.91. The number of carbonyl (C=O) groups is 2. The topological polar surface area (TPSA) is 119 Å². The number of methoxy groups -OCH3 is 1. The Balaban J connectivity index is 1.48. The number of carbonyl (C=O) groups excluding carboxylic acids is 2. The van der Waals surface area contributed by atoms with E-state index in [1.165, 1.54) is 36.6 Å². The summed E-state index contributed by atoms with van der Waals surface area (Å²) in [7, 11) is 1.31. The third kappa shape index (κ3) is 5.94. The second kappa shape index (κ2) is 12.3. The number of halogens is 2. The Labute approximate surface area is 245 Å². The molecule has 1 atom stereocenters. The van der Waals surface area contributed by atoms with Crippen LogP contribution in [0.4, 0.5) is 10.3 Å². The summed E-state index contributed by atoms with van der Waals surface area (Å²) in [6, 6.07) is 3.21. The zero-order valence-electron chi connectivity index (χ0n) is 22.7. The van der Waals surface area contributed by atoms with Crippen LogP contribution in [0.2, 0.25) is 5.02 Å². The summed E-state index contributed by atoms with van der Waals surface area (Å²) in [5.74, 6) is -0.668. The molecule has 0 saturated carbocycles. The van der Waals surface area contributed by atoms with Crippen LogP contribution in [-0.4, -0.2) is 59.5 Å². The largest absolute Gasteiger partial charge is 0.466 e. The van der Waals surface area contributed by atoms with Crippen molar-refractivity contribution in [1.82, 2.24) is 20.3 Å². The summed E-state index contributed by atoms with van der Waals surface area (Å²) < 4.78 is 24.3. The third-order valence-corrected chi connectivity index (χ3v) is 8.09. The number of benzene rings is 1. The minimum atomic E-state index is -0.823. The lowest BCUT2D eigenvalue weighted by Gasteiger charge is -2.36. The normalized spacial score (nSPS) is 17.6. The van der Waals surface area contributed by atoms with Crippen molar-refractivity contribution < 1.29 is 23.5 Å². The summed E-state index contributed by atoms with van der Waals surface area (Å²) in [5, 5.41) is 6.01. The first kappa shape index (κ1) is 28.6. The van der Waals surface area contributed by atoms with E-state index in [0.29, 0.717) is 65.1 Å². The average Bonchev–Trinajstić information content (AvgIpc) is 3.52. The molecule has 0 radical (unpaired) electrons. The van der Waals surface area contributed by atoms with Gasteiger partial charge in [-0.15, -0.1) is 11.3 Å². The van der Waals surface area contributed by atoms with Gasteiger partial charge in [0, 0.05) is 58.6 Å². The van der Waals surface area contributed by atoms with E-state index in [4.69, 9.17) is 26.1 Å². The number of hydrogen-bond acceptors (Lipinski definition) is 11. The fourth-order valence-corrected chi connectivity index (χ4v) is 5.84. The predicted molar refractivity (Wildman–Crippen MR) is 153 cm³/mol. The first-order valence-corrected chi connectivity index (χ1v) is 14.3. The van der Waals surface area contributed by atoms with Gasteiger partial charge in [0.1, 0.15) is 11.9 Å². The number of ether oxygens (including phenoxy) is 2. The molecule has 0 spiro atoms. The molecule has 214 valence electrons. The molecule has 1 unspecified atom stereocenters. The Bertz CT molecular complexity index is 1520. The lowest BCUT2D eigenvalue weighted by molar-refractivity contribution is -0.136. The maximum atomic E-state index is 13.9. The number of aromatic nitrogens is 3. The highest BCUT2D eigenvalue weighted by molar-refractivity contribution is 7.11. The molecule has 2 aliphatic rings. The number of allylic oxidation sites excluding steroid dienone is 1. The molecule has 10 nitrogen and oxygen atoms in total. The molecule has 2 aromatic heterocycles. The summed E-state index contributed by atoms with van der Waals surface area (Å²) in [5.41, 5.74) is 2.35. The molecule has 0 bridgehead atoms. The highest BCUT2D eigenvalue weighted by Crippen LogP contribution is 2.40. The van der Waals surface area contributed by atoms with Crippen LogP contribution in [0.1, 0.15) is 52.4 Å². The van der Waals surface area contributed by atoms with E-state index >= 15 is 0 Å². The van der Waals surface area contributed by atoms with Crippen molar-refractivity contribution in [3.05, 3.63) is 79.9 Å². The van der Waals surface area contributed by atoms with Crippen LogP contribution >= 0.6 is 22.9 Å². The number of amidine groups is 1. The number of esters is 2. The zero-order valence-corrected chi connectivity index (χ0v) is 24.3. The Kier molecular flexibility index (Phi) is 8.60. The van der Waals surface area contributed by atoms with E-state index in [0.717, 1.165) is 0 Å². The molecule has 13 heteroatoms. The Morgan fingerprint density at radius 1 is 1.22 bits per heavy atom. The number of aryl methyl sites for hydroxylation is 1. The van der Waals surface area contributed by atoms with Gasteiger partial charge in [-0.1, -0.05) is 17.7 Å². The van der Waals surface area contributed by atoms with E-state index in [9.17, 15) is 14.0 Å². The van der Waals surface area contributed by atoms with Crippen molar-refractivity contribution in [2.24, 2.45) is 10.9 Å². The molecule has 1 N–H and O–H groups in total. The molecule has 0 aliphatic carbocycles. The number of piperidine rings is 1. The Hall–Kier alpha value is -3.90. The van der Waals surface area contributed by atoms with Crippen LogP contribution in [0.3, 0.4) is 0 Å². The summed E-state index contributed by atoms with van der Waals surface area (Å²) >= 11 is 7.87. The van der Waals surface area contributed by atoms with Crippen LogP contribution in [0.15, 0.2) is 52.2 Å². The maximum Gasteiger partial charge on any atom is 0.357 e. The number of nitrogens with zero attached hydrogens (tertiary/aromatic N) is 5. The standard InChI is InChI=1S/C28H28ClFN6O4S/c1-4-40-27(38)21-15(2)14-32-28(35-21)36-10-7-16(8-11-36)22-20(26(37)39-3)23(18-6-5-17(30)13-19(18)29)34-24(33-22)25-31-9-12-41-25/h5-6,9,12-14,16,23H,4,7-8,10-11H2,1-3H3,(H,33,34). The van der Waals surface area contributed by atoms with Crippen molar-refractivity contribution in [2.45, 2.75) is 32.7 Å². The van der Waals surface area contributed by atoms with Gasteiger partial charge in [0.2, 0.25) is 5.95 Å². The number of nitrogens with one attached hydrogen (secondary N) is 1. The highest BCUT2D eigenvalue weighted by Gasteiger charge is 2.37. The van der Waals surface area contributed by atoms with Crippen LogP contribution < -0.4 is 10.2 Å². The van der Waals surface area contributed by atoms with Crippen molar-refractivity contribution >= 4 is 46.7 Å². The maximum absolute atomic E-state index is 13.9. The van der Waals surface area contributed by atoms with E-state index in [2.05, 4.69) is 20.3 Å². The number of hydrogen-bond donors (Lipinski definition) is 1. The lowest BCUT2D eigenvalue weighted by Crippen LogP contribution is -2.42. The van der Waals surface area contributed by atoms with Crippen molar-refractivity contribution in [3.8, 4) is 0 Å². The molecule has 4 heterocycles. The fraction of sp³-hybridized carbons (Fsp3) is 0.357. The molecular weight excluding hydrogens is 571 g/mol. The van der Waals surface area contributed by atoms with Gasteiger partial charge >= 0.3 is 11.9 Å². The molecular formula is C28H28ClFN6O4S. The smallest absolute Gasteiger partial charge is 0.357 e. The number of aliphatic imine (C=N–C) groups is 1. The number of anilines is 1. The van der Waals surface area contributed by atoms with E-state index < -0.39 is 23.8 Å². The lowest BCUT2D eigenvalue weighted by atomic mass is 9.85. The quantitative estimate of drug-likeness (QED) is 0.388. The third-order valence-electron chi connectivity index (χ3n) is 6.99. The van der Waals surface area contributed by atoms with E-state index in [-0.39, 0.29) is 23.2 Å². The van der Waals surface area contributed by atoms with Crippen molar-refractivity contribution in [2.75, 3.05) is 31.7 Å². The fourth-order valence-electron chi connectivity index (χ4n) is 4.98. The van der Waals surface area contributed by atoms with E-state index in [1.807, 2.05) is 10.3 Å². The van der Waals surface area contributed by atoms with Crippen LogP contribution in [0.25, 0.3) is 0 Å². The molecule has 1 fully saturated rings. The van der Waals surface area contributed by atoms with Gasteiger partial charge in [0.15, 0.2) is 16.5 Å². The predicted octanol–water partition coefficient (Wildman–Crippen LogP) is 4.65. The Morgan fingerprint density at radius 2 is 2.00 bits per heavy atom. The molecule has 5 rings (SSSR count). The van der Waals surface area contributed by atoms with Gasteiger partial charge in [-0.2, -0.15) is 0 Å². The first-order valence-electron chi connectivity index (χ1n) is 13.1. The highest BCUT2D eigenvalue weighted by atomic mass is 35.5. The second-order valence-electron chi connectivity index (χ2n) is 9.51. The van der Waals surface area contributed by atoms with Gasteiger partial charge in [0.05, 0.1) is 19.3 Å². The van der Waals surface area contributed by atoms with Crippen LogP contribution in [0.5, 0.6) is 0 Å². The van der Waals surface area contributed by atoms with Crippen LogP contribution in [0, 0.1) is 18.7 Å². The zero-order chi connectivity index (χ0) is 29.1. The summed E-state index contributed by atoms with van der Waals surface area (Å²) in [4.78, 5) is 45.8. The van der Waals surface area contributed by atoms with Crippen molar-refractivity contribution in [3.63, 3.8) is 0 Å². The number of rotatable bonds is 7. The molecule has 1 aromatic carbocycles. The molecule has 1 saturated heterocycles. The van der Waals surface area contributed by atoms with Crippen molar-refractivity contribution in [1.29, 1.82) is 0 Å². The minimum Gasteiger partial charge on any atom is -0.466 e. The summed E-state index contributed by atoms with van der Waals surface area (Å²) in [6.07, 6.45) is 4.58. The molecule has 2 aliphatic heterocycles. The number of thiazole rings is 1. The average molecular weight is 599 g/mol. The second-order valence-corrected chi connectivity index (χ2v) is 10.8. The molecule has 3 aromatic rings. The monoisotopic (exact) mass is 598 g/mol. The van der Waals surface area contributed by atoms with Gasteiger partial charge in [0.25, 0.3) is 0 Å². The molecule has 0 amide bonds. The van der Waals surface area contributed by atoms with Crippen LogP contribution in [-0.2, 0) is 14.3 Å². The van der Waals surface area contributed by atoms with Gasteiger partial charge in [-0.05, 0) is 38.8 Å². The van der Waals surface area contributed by atoms with Gasteiger partial charge in [-0.3, -0.25) is 4.99 Å². The van der Waals surface area contributed by atoms with Gasteiger partial charge in [-0.25, -0.2) is 28.9 Å².